The number of nitrogens with one attached hydrogen (secondary N) is 1. The molecule has 1 saturated heterocycles. The third kappa shape index (κ3) is 3.77. The zero-order valence-corrected chi connectivity index (χ0v) is 17.3. The van der Waals surface area contributed by atoms with Crippen LogP contribution in [0.15, 0.2) is 36.7 Å². The van der Waals surface area contributed by atoms with Gasteiger partial charge in [-0.3, -0.25) is 0 Å². The molecule has 8 heteroatoms. The summed E-state index contributed by atoms with van der Waals surface area (Å²) in [7, 11) is 4.73. The van der Waals surface area contributed by atoms with Crippen molar-refractivity contribution in [3.63, 3.8) is 0 Å². The van der Waals surface area contributed by atoms with Gasteiger partial charge < -0.3 is 24.4 Å². The summed E-state index contributed by atoms with van der Waals surface area (Å²) in [5.74, 6) is 2.53. The molecule has 0 saturated carbocycles. The first-order chi connectivity index (χ1) is 14.6. The molecule has 2 aromatic carbocycles. The minimum atomic E-state index is -0.214. The van der Waals surface area contributed by atoms with Crippen molar-refractivity contribution >= 4 is 22.4 Å². The monoisotopic (exact) mass is 412 g/mol. The number of anilines is 2. The second-order valence-corrected chi connectivity index (χ2v) is 7.22. The SMILES string of the molecule is COc1cc2c(NCC3CCN(c4ccc(F)cc4)C3)ncnc2c(OC)c1OC. The van der Waals surface area contributed by atoms with Crippen LogP contribution >= 0.6 is 0 Å². The summed E-state index contributed by atoms with van der Waals surface area (Å²) < 4.78 is 29.6. The summed E-state index contributed by atoms with van der Waals surface area (Å²) in [6.45, 7) is 2.62. The zero-order valence-electron chi connectivity index (χ0n) is 17.3. The Bertz CT molecular complexity index is 1030. The lowest BCUT2D eigenvalue weighted by Crippen LogP contribution is -2.22. The largest absolute Gasteiger partial charge is 0.493 e. The minimum Gasteiger partial charge on any atom is -0.493 e. The molecule has 1 fully saturated rings. The van der Waals surface area contributed by atoms with Gasteiger partial charge in [-0.1, -0.05) is 0 Å². The van der Waals surface area contributed by atoms with Crippen molar-refractivity contribution in [2.75, 3.05) is 51.2 Å². The van der Waals surface area contributed by atoms with Crippen LogP contribution in [-0.4, -0.2) is 50.9 Å². The molecular formula is C22H25FN4O3. The van der Waals surface area contributed by atoms with Crippen LogP contribution in [0.4, 0.5) is 15.9 Å². The number of hydrogen-bond acceptors (Lipinski definition) is 7. The van der Waals surface area contributed by atoms with Gasteiger partial charge >= 0.3 is 0 Å². The van der Waals surface area contributed by atoms with E-state index < -0.39 is 0 Å². The molecule has 4 rings (SSSR count). The Kier molecular flexibility index (Phi) is 5.74. The highest BCUT2D eigenvalue weighted by Crippen LogP contribution is 2.43. The maximum absolute atomic E-state index is 13.2. The smallest absolute Gasteiger partial charge is 0.205 e. The molecule has 7 nitrogen and oxygen atoms in total. The van der Waals surface area contributed by atoms with Crippen molar-refractivity contribution in [3.05, 3.63) is 42.5 Å². The summed E-state index contributed by atoms with van der Waals surface area (Å²) >= 11 is 0. The van der Waals surface area contributed by atoms with Gasteiger partial charge in [0.25, 0.3) is 0 Å². The number of methoxy groups -OCH3 is 3. The van der Waals surface area contributed by atoms with Gasteiger partial charge in [-0.2, -0.15) is 0 Å². The summed E-state index contributed by atoms with van der Waals surface area (Å²) in [5.41, 5.74) is 1.71. The van der Waals surface area contributed by atoms with Crippen LogP contribution in [-0.2, 0) is 0 Å². The van der Waals surface area contributed by atoms with Crippen LogP contribution in [0.5, 0.6) is 17.2 Å². The summed E-state index contributed by atoms with van der Waals surface area (Å²) in [4.78, 5) is 11.1. The van der Waals surface area contributed by atoms with Crippen LogP contribution in [0.1, 0.15) is 6.42 Å². The number of fused-ring (bicyclic) bond motifs is 1. The molecule has 1 aliphatic heterocycles. The number of aromatic nitrogens is 2. The third-order valence-electron chi connectivity index (χ3n) is 5.47. The number of ether oxygens (including phenoxy) is 3. The van der Waals surface area contributed by atoms with Crippen molar-refractivity contribution in [2.24, 2.45) is 5.92 Å². The number of hydrogen-bond donors (Lipinski definition) is 1. The zero-order chi connectivity index (χ0) is 21.1. The van der Waals surface area contributed by atoms with E-state index in [2.05, 4.69) is 20.2 Å². The highest BCUT2D eigenvalue weighted by atomic mass is 19.1. The molecule has 30 heavy (non-hydrogen) atoms. The first-order valence-electron chi connectivity index (χ1n) is 9.82. The van der Waals surface area contributed by atoms with Crippen molar-refractivity contribution < 1.29 is 18.6 Å². The van der Waals surface area contributed by atoms with E-state index >= 15 is 0 Å². The highest BCUT2D eigenvalue weighted by molar-refractivity contribution is 5.96. The van der Waals surface area contributed by atoms with Crippen LogP contribution in [0.3, 0.4) is 0 Å². The first kappa shape index (κ1) is 20.0. The molecule has 0 bridgehead atoms. The quantitative estimate of drug-likeness (QED) is 0.634. The van der Waals surface area contributed by atoms with Crippen molar-refractivity contribution in [3.8, 4) is 17.2 Å². The van der Waals surface area contributed by atoms with E-state index in [1.165, 1.54) is 18.5 Å². The van der Waals surface area contributed by atoms with Crippen molar-refractivity contribution in [2.45, 2.75) is 6.42 Å². The minimum absolute atomic E-state index is 0.214. The molecule has 1 unspecified atom stereocenters. The summed E-state index contributed by atoms with van der Waals surface area (Å²) in [6, 6.07) is 8.52. The Hall–Kier alpha value is -3.29. The average Bonchev–Trinajstić information content (AvgIpc) is 3.25. The highest BCUT2D eigenvalue weighted by Gasteiger charge is 2.24. The summed E-state index contributed by atoms with van der Waals surface area (Å²) in [5, 5.41) is 4.27. The average molecular weight is 412 g/mol. The Balaban J connectivity index is 1.52. The molecule has 0 spiro atoms. The Morgan fingerprint density at radius 2 is 1.83 bits per heavy atom. The van der Waals surface area contributed by atoms with E-state index in [0.29, 0.717) is 28.7 Å². The lowest BCUT2D eigenvalue weighted by molar-refractivity contribution is 0.327. The summed E-state index contributed by atoms with van der Waals surface area (Å²) in [6.07, 6.45) is 2.56. The molecule has 0 amide bonds. The van der Waals surface area contributed by atoms with Gasteiger partial charge in [0.15, 0.2) is 11.5 Å². The van der Waals surface area contributed by atoms with Gasteiger partial charge in [0.05, 0.1) is 26.7 Å². The van der Waals surface area contributed by atoms with E-state index in [4.69, 9.17) is 14.2 Å². The molecule has 1 aromatic heterocycles. The van der Waals surface area contributed by atoms with Gasteiger partial charge in [-0.05, 0) is 42.7 Å². The molecule has 2 heterocycles. The maximum atomic E-state index is 13.2. The van der Waals surface area contributed by atoms with Crippen LogP contribution < -0.4 is 24.4 Å². The second kappa shape index (κ2) is 8.61. The number of benzene rings is 2. The second-order valence-electron chi connectivity index (χ2n) is 7.22. The molecule has 1 atom stereocenters. The normalized spacial score (nSPS) is 16.0. The Morgan fingerprint density at radius 3 is 2.53 bits per heavy atom. The Morgan fingerprint density at radius 1 is 1.07 bits per heavy atom. The van der Waals surface area contributed by atoms with Gasteiger partial charge in [-0.15, -0.1) is 0 Å². The molecule has 3 aromatic rings. The van der Waals surface area contributed by atoms with E-state index in [9.17, 15) is 4.39 Å². The number of halogens is 1. The third-order valence-corrected chi connectivity index (χ3v) is 5.47. The fourth-order valence-electron chi connectivity index (χ4n) is 3.93. The molecule has 0 aliphatic carbocycles. The first-order valence-corrected chi connectivity index (χ1v) is 9.82. The molecule has 1 aliphatic rings. The Labute approximate surface area is 174 Å². The van der Waals surface area contributed by atoms with E-state index in [0.717, 1.165) is 42.9 Å². The van der Waals surface area contributed by atoms with Crippen LogP contribution in [0.2, 0.25) is 0 Å². The van der Waals surface area contributed by atoms with Crippen LogP contribution in [0, 0.1) is 11.7 Å². The number of nitrogens with zero attached hydrogens (tertiary/aromatic N) is 3. The predicted molar refractivity (Wildman–Crippen MR) is 114 cm³/mol. The molecule has 158 valence electrons. The predicted octanol–water partition coefficient (Wildman–Crippen LogP) is 3.73. The fourth-order valence-corrected chi connectivity index (χ4v) is 3.93. The molecule has 0 radical (unpaired) electrons. The lowest BCUT2D eigenvalue weighted by Gasteiger charge is -2.19. The topological polar surface area (TPSA) is 68.7 Å². The van der Waals surface area contributed by atoms with Gasteiger partial charge in [0, 0.05) is 25.3 Å². The fraction of sp³-hybridized carbons (Fsp3) is 0.364. The lowest BCUT2D eigenvalue weighted by atomic mass is 10.1. The number of rotatable bonds is 7. The maximum Gasteiger partial charge on any atom is 0.205 e. The van der Waals surface area contributed by atoms with Gasteiger partial charge in [0.1, 0.15) is 23.5 Å². The molecule has 1 N–H and O–H groups in total. The van der Waals surface area contributed by atoms with Crippen molar-refractivity contribution in [1.29, 1.82) is 0 Å². The van der Waals surface area contributed by atoms with E-state index in [1.54, 1.807) is 21.3 Å². The molecular weight excluding hydrogens is 387 g/mol. The van der Waals surface area contributed by atoms with Crippen molar-refractivity contribution in [1.82, 2.24) is 9.97 Å². The van der Waals surface area contributed by atoms with E-state index in [-0.39, 0.29) is 5.82 Å². The van der Waals surface area contributed by atoms with Gasteiger partial charge in [-0.25, -0.2) is 14.4 Å². The standard InChI is InChI=1S/C22H25FN4O3/c1-28-18-10-17-19(21(30-3)20(18)29-2)25-13-26-22(17)24-11-14-8-9-27(12-14)16-6-4-15(23)5-7-16/h4-7,10,13-14H,8-9,11-12H2,1-3H3,(H,24,25,26). The van der Waals surface area contributed by atoms with Crippen LogP contribution in [0.25, 0.3) is 10.9 Å². The van der Waals surface area contributed by atoms with Gasteiger partial charge in [0.2, 0.25) is 5.75 Å². The van der Waals surface area contributed by atoms with E-state index in [1.807, 2.05) is 18.2 Å².